The normalized spacial score (nSPS) is 10.5. The molecule has 2 aromatic rings. The van der Waals surface area contributed by atoms with Crippen molar-refractivity contribution < 1.29 is 14.3 Å². The number of hydrazone groups is 1. The number of ether oxygens (including phenoxy) is 2. The van der Waals surface area contributed by atoms with Gasteiger partial charge in [0.05, 0.1) is 13.3 Å². The van der Waals surface area contributed by atoms with Gasteiger partial charge >= 0.3 is 6.09 Å². The first kappa shape index (κ1) is 15.9. The van der Waals surface area contributed by atoms with Gasteiger partial charge in [0.2, 0.25) is 0 Å². The summed E-state index contributed by atoms with van der Waals surface area (Å²) in [5.74, 6) is 0.637. The van der Waals surface area contributed by atoms with E-state index in [9.17, 15) is 4.79 Å². The number of amides is 1. The molecule has 0 fully saturated rings. The van der Waals surface area contributed by atoms with Crippen LogP contribution in [0.5, 0.6) is 5.75 Å². The van der Waals surface area contributed by atoms with Crippen molar-refractivity contribution in [2.24, 2.45) is 5.10 Å². The molecule has 0 unspecified atom stereocenters. The lowest BCUT2D eigenvalue weighted by Gasteiger charge is -2.10. The van der Waals surface area contributed by atoms with Crippen LogP contribution in [0.1, 0.15) is 11.1 Å². The molecule has 5 nitrogen and oxygen atoms in total. The molecule has 1 amide bonds. The van der Waals surface area contributed by atoms with Crippen molar-refractivity contribution in [2.75, 3.05) is 7.11 Å². The summed E-state index contributed by atoms with van der Waals surface area (Å²) in [4.78, 5) is 10.9. The molecule has 114 valence electrons. The molecule has 0 aliphatic rings. The van der Waals surface area contributed by atoms with Crippen LogP contribution in [0.4, 0.5) is 4.79 Å². The summed E-state index contributed by atoms with van der Waals surface area (Å²) in [5, 5.41) is 4.44. The van der Waals surface area contributed by atoms with Crippen LogP contribution in [0.15, 0.2) is 53.6 Å². The summed E-state index contributed by atoms with van der Waals surface area (Å²) >= 11 is 6.10. The summed E-state index contributed by atoms with van der Waals surface area (Å²) < 4.78 is 10.2. The Balaban J connectivity index is 2.05. The predicted molar refractivity (Wildman–Crippen MR) is 85.4 cm³/mol. The molecule has 0 radical (unpaired) electrons. The molecule has 0 aliphatic heterocycles. The van der Waals surface area contributed by atoms with Crippen LogP contribution in [0, 0.1) is 0 Å². The summed E-state index contributed by atoms with van der Waals surface area (Å²) in [6.07, 6.45) is 0.851. The molecule has 0 aromatic heterocycles. The van der Waals surface area contributed by atoms with Crippen molar-refractivity contribution in [3.8, 4) is 5.75 Å². The number of halogens is 1. The lowest BCUT2D eigenvalue weighted by Crippen LogP contribution is -2.16. The molecule has 0 saturated heterocycles. The summed E-state index contributed by atoms with van der Waals surface area (Å²) in [6.45, 7) is 0.342. The quantitative estimate of drug-likeness (QED) is 0.676. The van der Waals surface area contributed by atoms with Crippen LogP contribution in [-0.4, -0.2) is 19.4 Å². The standard InChI is InChI=1S/C16H15ClN2O3/c1-21-16(20)19-18-10-12-6-3-5-9-15(12)22-11-13-7-2-4-8-14(13)17/h2-10H,11H2,1H3,(H,19,20). The van der Waals surface area contributed by atoms with Crippen LogP contribution in [0.25, 0.3) is 0 Å². The van der Waals surface area contributed by atoms with Gasteiger partial charge in [0.15, 0.2) is 0 Å². The van der Waals surface area contributed by atoms with Gasteiger partial charge < -0.3 is 9.47 Å². The van der Waals surface area contributed by atoms with Crippen LogP contribution < -0.4 is 10.2 Å². The number of benzene rings is 2. The first-order valence-electron chi connectivity index (χ1n) is 6.53. The first-order chi connectivity index (χ1) is 10.7. The second-order valence-electron chi connectivity index (χ2n) is 4.28. The zero-order valence-corrected chi connectivity index (χ0v) is 12.7. The fourth-order valence-corrected chi connectivity index (χ4v) is 1.88. The fraction of sp³-hybridized carbons (Fsp3) is 0.125. The molecule has 0 saturated carbocycles. The van der Waals surface area contributed by atoms with Gasteiger partial charge in [-0.1, -0.05) is 41.9 Å². The predicted octanol–water partition coefficient (Wildman–Crippen LogP) is 3.61. The highest BCUT2D eigenvalue weighted by atomic mass is 35.5. The van der Waals surface area contributed by atoms with Crippen molar-refractivity contribution in [2.45, 2.75) is 6.61 Å². The largest absolute Gasteiger partial charge is 0.488 e. The molecule has 0 aliphatic carbocycles. The molecule has 0 heterocycles. The highest BCUT2D eigenvalue weighted by Crippen LogP contribution is 2.20. The maximum atomic E-state index is 10.9. The topological polar surface area (TPSA) is 59.9 Å². The summed E-state index contributed by atoms with van der Waals surface area (Å²) in [5.41, 5.74) is 3.84. The van der Waals surface area contributed by atoms with E-state index in [0.717, 1.165) is 11.1 Å². The Hall–Kier alpha value is -2.53. The van der Waals surface area contributed by atoms with Crippen LogP contribution in [0.3, 0.4) is 0 Å². The number of para-hydroxylation sites is 1. The Labute approximate surface area is 133 Å². The van der Waals surface area contributed by atoms with Gasteiger partial charge in [-0.05, 0) is 18.2 Å². The van der Waals surface area contributed by atoms with Crippen LogP contribution in [-0.2, 0) is 11.3 Å². The molecular weight excluding hydrogens is 304 g/mol. The maximum absolute atomic E-state index is 10.9. The van der Waals surface area contributed by atoms with E-state index in [4.69, 9.17) is 16.3 Å². The van der Waals surface area contributed by atoms with E-state index in [1.54, 1.807) is 0 Å². The van der Waals surface area contributed by atoms with Crippen molar-refractivity contribution in [3.05, 3.63) is 64.7 Å². The Kier molecular flexibility index (Phi) is 5.80. The third-order valence-corrected chi connectivity index (χ3v) is 3.17. The van der Waals surface area contributed by atoms with E-state index in [2.05, 4.69) is 15.3 Å². The number of hydrogen-bond acceptors (Lipinski definition) is 4. The monoisotopic (exact) mass is 318 g/mol. The molecule has 2 rings (SSSR count). The molecule has 0 atom stereocenters. The molecule has 2 aromatic carbocycles. The zero-order chi connectivity index (χ0) is 15.8. The molecule has 0 spiro atoms. The van der Waals surface area contributed by atoms with E-state index in [-0.39, 0.29) is 0 Å². The number of hydrogen-bond donors (Lipinski definition) is 1. The average Bonchev–Trinajstić information content (AvgIpc) is 2.55. The van der Waals surface area contributed by atoms with E-state index in [1.165, 1.54) is 13.3 Å². The van der Waals surface area contributed by atoms with Gasteiger partial charge in [0.1, 0.15) is 12.4 Å². The molecule has 0 bridgehead atoms. The Morgan fingerprint density at radius 1 is 1.23 bits per heavy atom. The lowest BCUT2D eigenvalue weighted by molar-refractivity contribution is 0.171. The van der Waals surface area contributed by atoms with E-state index < -0.39 is 6.09 Å². The zero-order valence-electron chi connectivity index (χ0n) is 12.0. The molecule has 1 N–H and O–H groups in total. The van der Waals surface area contributed by atoms with Crippen LogP contribution in [0.2, 0.25) is 5.02 Å². The van der Waals surface area contributed by atoms with E-state index >= 15 is 0 Å². The third-order valence-electron chi connectivity index (χ3n) is 2.80. The van der Waals surface area contributed by atoms with Crippen molar-refractivity contribution in [1.29, 1.82) is 0 Å². The highest BCUT2D eigenvalue weighted by molar-refractivity contribution is 6.31. The smallest absolute Gasteiger partial charge is 0.427 e. The van der Waals surface area contributed by atoms with Gasteiger partial charge in [-0.3, -0.25) is 0 Å². The molecule has 6 heteroatoms. The lowest BCUT2D eigenvalue weighted by atomic mass is 10.2. The van der Waals surface area contributed by atoms with Crippen molar-refractivity contribution >= 4 is 23.9 Å². The highest BCUT2D eigenvalue weighted by Gasteiger charge is 2.04. The second kappa shape index (κ2) is 8.05. The first-order valence-corrected chi connectivity index (χ1v) is 6.90. The van der Waals surface area contributed by atoms with E-state index in [1.807, 2.05) is 48.5 Å². The van der Waals surface area contributed by atoms with Gasteiger partial charge in [-0.25, -0.2) is 10.2 Å². The van der Waals surface area contributed by atoms with Gasteiger partial charge in [-0.2, -0.15) is 5.10 Å². The average molecular weight is 319 g/mol. The molecular formula is C16H15ClN2O3. The van der Waals surface area contributed by atoms with Gasteiger partial charge in [0.25, 0.3) is 0 Å². The van der Waals surface area contributed by atoms with Gasteiger partial charge in [-0.15, -0.1) is 0 Å². The minimum Gasteiger partial charge on any atom is -0.488 e. The Morgan fingerprint density at radius 2 is 1.95 bits per heavy atom. The Bertz CT molecular complexity index is 674. The summed E-state index contributed by atoms with van der Waals surface area (Å²) in [7, 11) is 1.27. The number of carbonyl (C=O) groups excluding carboxylic acids is 1. The number of carbonyl (C=O) groups is 1. The van der Waals surface area contributed by atoms with Gasteiger partial charge in [0, 0.05) is 16.1 Å². The van der Waals surface area contributed by atoms with Crippen molar-refractivity contribution in [3.63, 3.8) is 0 Å². The number of nitrogens with zero attached hydrogens (tertiary/aromatic N) is 1. The third kappa shape index (κ3) is 4.49. The SMILES string of the molecule is COC(=O)NN=Cc1ccccc1OCc1ccccc1Cl. The Morgan fingerprint density at radius 3 is 2.73 bits per heavy atom. The molecule has 22 heavy (non-hydrogen) atoms. The van der Waals surface area contributed by atoms with E-state index in [0.29, 0.717) is 17.4 Å². The summed E-state index contributed by atoms with van der Waals surface area (Å²) in [6, 6.07) is 14.8. The van der Waals surface area contributed by atoms with Crippen molar-refractivity contribution in [1.82, 2.24) is 5.43 Å². The minimum absolute atomic E-state index is 0.342. The van der Waals surface area contributed by atoms with Crippen LogP contribution >= 0.6 is 11.6 Å². The number of methoxy groups -OCH3 is 1. The second-order valence-corrected chi connectivity index (χ2v) is 4.69. The minimum atomic E-state index is -0.634. The number of rotatable bonds is 5. The number of nitrogens with one attached hydrogen (secondary N) is 1. The maximum Gasteiger partial charge on any atom is 0.427 e. The fourth-order valence-electron chi connectivity index (χ4n) is 1.69.